The Morgan fingerprint density at radius 3 is 2.70 bits per heavy atom. The monoisotopic (exact) mass is 362 g/mol. The molecule has 7 nitrogen and oxygen atoms in total. The number of carboxylic acids is 1. The van der Waals surface area contributed by atoms with E-state index in [1.807, 2.05) is 55.5 Å². The summed E-state index contributed by atoms with van der Waals surface area (Å²) in [6.45, 7) is 1.89. The van der Waals surface area contributed by atoms with Crippen LogP contribution in [-0.4, -0.2) is 31.6 Å². The van der Waals surface area contributed by atoms with Crippen LogP contribution in [0.2, 0.25) is 0 Å². The Morgan fingerprint density at radius 1 is 1.19 bits per heavy atom. The SMILES string of the molecule is Cc1ccccc1C(CC(=O)O)NC(=O)c1cc2[nH]c3ccccc3n2n1. The number of hydrogen-bond donors (Lipinski definition) is 3. The lowest BCUT2D eigenvalue weighted by atomic mass is 9.98. The van der Waals surface area contributed by atoms with E-state index in [0.29, 0.717) is 5.65 Å². The minimum Gasteiger partial charge on any atom is -0.481 e. The van der Waals surface area contributed by atoms with Gasteiger partial charge < -0.3 is 15.4 Å². The predicted octanol–water partition coefficient (Wildman–Crippen LogP) is 3.07. The van der Waals surface area contributed by atoms with Crippen LogP contribution in [0.25, 0.3) is 16.7 Å². The number of rotatable bonds is 5. The van der Waals surface area contributed by atoms with Crippen LogP contribution in [0.15, 0.2) is 54.6 Å². The third-order valence-corrected chi connectivity index (χ3v) is 4.58. The Bertz CT molecular complexity index is 1160. The zero-order valence-corrected chi connectivity index (χ0v) is 14.6. The van der Waals surface area contributed by atoms with Crippen LogP contribution in [0.4, 0.5) is 0 Å². The smallest absolute Gasteiger partial charge is 0.305 e. The molecule has 1 unspecified atom stereocenters. The van der Waals surface area contributed by atoms with Gasteiger partial charge in [0.15, 0.2) is 5.69 Å². The second kappa shape index (κ2) is 6.60. The van der Waals surface area contributed by atoms with Gasteiger partial charge in [0.05, 0.1) is 23.5 Å². The summed E-state index contributed by atoms with van der Waals surface area (Å²) in [5.74, 6) is -1.39. The molecular weight excluding hydrogens is 344 g/mol. The number of carbonyl (C=O) groups excluding carboxylic acids is 1. The van der Waals surface area contributed by atoms with E-state index >= 15 is 0 Å². The molecule has 2 aromatic carbocycles. The maximum absolute atomic E-state index is 12.7. The first-order chi connectivity index (χ1) is 13.0. The summed E-state index contributed by atoms with van der Waals surface area (Å²) in [4.78, 5) is 27.2. The fourth-order valence-electron chi connectivity index (χ4n) is 3.29. The van der Waals surface area contributed by atoms with Gasteiger partial charge in [-0.1, -0.05) is 36.4 Å². The molecule has 0 bridgehead atoms. The molecule has 1 amide bonds. The molecule has 0 aliphatic carbocycles. The van der Waals surface area contributed by atoms with Gasteiger partial charge in [-0.2, -0.15) is 5.10 Å². The van der Waals surface area contributed by atoms with Crippen molar-refractivity contribution in [3.63, 3.8) is 0 Å². The number of aromatic nitrogens is 3. The molecule has 27 heavy (non-hydrogen) atoms. The molecule has 4 aromatic rings. The summed E-state index contributed by atoms with van der Waals surface area (Å²) in [7, 11) is 0. The van der Waals surface area contributed by atoms with Gasteiger partial charge in [-0.3, -0.25) is 9.59 Å². The molecule has 7 heteroatoms. The largest absolute Gasteiger partial charge is 0.481 e. The van der Waals surface area contributed by atoms with E-state index in [2.05, 4.69) is 15.4 Å². The third kappa shape index (κ3) is 3.15. The number of imidazole rings is 1. The molecule has 0 radical (unpaired) electrons. The van der Waals surface area contributed by atoms with E-state index in [9.17, 15) is 14.7 Å². The number of fused-ring (bicyclic) bond motifs is 3. The lowest BCUT2D eigenvalue weighted by Crippen LogP contribution is -2.31. The summed E-state index contributed by atoms with van der Waals surface area (Å²) < 4.78 is 1.67. The number of nitrogens with zero attached hydrogens (tertiary/aromatic N) is 2. The molecule has 4 rings (SSSR count). The first kappa shape index (κ1) is 16.8. The summed E-state index contributed by atoms with van der Waals surface area (Å²) in [5, 5.41) is 16.4. The number of amides is 1. The topological polar surface area (TPSA) is 99.5 Å². The number of hydrogen-bond acceptors (Lipinski definition) is 3. The van der Waals surface area contributed by atoms with Crippen LogP contribution in [0, 0.1) is 6.92 Å². The molecule has 2 aromatic heterocycles. The van der Waals surface area contributed by atoms with Crippen LogP contribution < -0.4 is 5.32 Å². The lowest BCUT2D eigenvalue weighted by molar-refractivity contribution is -0.137. The molecule has 1 atom stereocenters. The van der Waals surface area contributed by atoms with E-state index in [1.54, 1.807) is 10.6 Å². The number of para-hydroxylation sites is 2. The molecule has 0 fully saturated rings. The summed E-state index contributed by atoms with van der Waals surface area (Å²) >= 11 is 0. The van der Waals surface area contributed by atoms with Crippen molar-refractivity contribution in [1.29, 1.82) is 0 Å². The van der Waals surface area contributed by atoms with Gasteiger partial charge in [-0.25, -0.2) is 4.52 Å². The van der Waals surface area contributed by atoms with Gasteiger partial charge in [0.1, 0.15) is 5.65 Å². The normalized spacial score (nSPS) is 12.3. The first-order valence-corrected chi connectivity index (χ1v) is 8.57. The number of nitrogens with one attached hydrogen (secondary N) is 2. The molecular formula is C20H18N4O3. The average molecular weight is 362 g/mol. The Balaban J connectivity index is 1.65. The Morgan fingerprint density at radius 2 is 1.93 bits per heavy atom. The third-order valence-electron chi connectivity index (χ3n) is 4.58. The Hall–Kier alpha value is -3.61. The number of aromatic amines is 1. The van der Waals surface area contributed by atoms with Crippen LogP contribution in [0.3, 0.4) is 0 Å². The van der Waals surface area contributed by atoms with Crippen LogP contribution in [0.1, 0.15) is 34.1 Å². The predicted molar refractivity (Wildman–Crippen MR) is 101 cm³/mol. The quantitative estimate of drug-likeness (QED) is 0.508. The molecule has 0 aliphatic rings. The Labute approximate surface area is 154 Å². The second-order valence-electron chi connectivity index (χ2n) is 6.45. The van der Waals surface area contributed by atoms with E-state index in [4.69, 9.17) is 0 Å². The van der Waals surface area contributed by atoms with Gasteiger partial charge in [-0.15, -0.1) is 0 Å². The first-order valence-electron chi connectivity index (χ1n) is 8.57. The fourth-order valence-corrected chi connectivity index (χ4v) is 3.29. The molecule has 136 valence electrons. The van der Waals surface area contributed by atoms with E-state index < -0.39 is 17.9 Å². The maximum Gasteiger partial charge on any atom is 0.305 e. The van der Waals surface area contributed by atoms with Crippen molar-refractivity contribution < 1.29 is 14.7 Å². The highest BCUT2D eigenvalue weighted by Crippen LogP contribution is 2.22. The van der Waals surface area contributed by atoms with Crippen LogP contribution >= 0.6 is 0 Å². The van der Waals surface area contributed by atoms with Crippen molar-refractivity contribution >= 4 is 28.6 Å². The zero-order chi connectivity index (χ0) is 19.0. The van der Waals surface area contributed by atoms with E-state index in [-0.39, 0.29) is 12.1 Å². The van der Waals surface area contributed by atoms with Crippen molar-refractivity contribution in [2.75, 3.05) is 0 Å². The summed E-state index contributed by atoms with van der Waals surface area (Å²) in [5.41, 5.74) is 4.43. The molecule has 0 spiro atoms. The minimum absolute atomic E-state index is 0.203. The number of carboxylic acid groups (broad SMARTS) is 1. The fraction of sp³-hybridized carbons (Fsp3) is 0.150. The number of aliphatic carboxylic acids is 1. The number of benzene rings is 2. The highest BCUT2D eigenvalue weighted by Gasteiger charge is 2.22. The lowest BCUT2D eigenvalue weighted by Gasteiger charge is -2.18. The van der Waals surface area contributed by atoms with Gasteiger partial charge in [-0.05, 0) is 30.2 Å². The van der Waals surface area contributed by atoms with Gasteiger partial charge in [0, 0.05) is 6.07 Å². The van der Waals surface area contributed by atoms with Crippen molar-refractivity contribution in [1.82, 2.24) is 19.9 Å². The van der Waals surface area contributed by atoms with Crippen molar-refractivity contribution in [2.24, 2.45) is 0 Å². The number of aryl methyl sites for hydroxylation is 1. The summed E-state index contributed by atoms with van der Waals surface area (Å²) in [6, 6.07) is 16.1. The second-order valence-corrected chi connectivity index (χ2v) is 6.45. The standard InChI is InChI=1S/C20H18N4O3/c1-12-6-2-3-7-13(12)15(11-19(25)26)22-20(27)16-10-18-21-14-8-4-5-9-17(14)24(18)23-16/h2-10,15,21H,11H2,1H3,(H,22,27)(H,25,26). The maximum atomic E-state index is 12.7. The van der Waals surface area contributed by atoms with Crippen molar-refractivity contribution in [3.8, 4) is 0 Å². The highest BCUT2D eigenvalue weighted by molar-refractivity contribution is 5.95. The van der Waals surface area contributed by atoms with Gasteiger partial charge in [0.2, 0.25) is 0 Å². The van der Waals surface area contributed by atoms with Crippen LogP contribution in [0.5, 0.6) is 0 Å². The van der Waals surface area contributed by atoms with E-state index in [1.165, 1.54) is 0 Å². The van der Waals surface area contributed by atoms with Crippen molar-refractivity contribution in [2.45, 2.75) is 19.4 Å². The molecule has 0 saturated carbocycles. The molecule has 3 N–H and O–H groups in total. The Kier molecular flexibility index (Phi) is 4.12. The van der Waals surface area contributed by atoms with Crippen molar-refractivity contribution in [3.05, 3.63) is 71.4 Å². The molecule has 2 heterocycles. The number of H-pyrrole nitrogens is 1. The molecule has 0 saturated heterocycles. The van der Waals surface area contributed by atoms with E-state index in [0.717, 1.165) is 22.2 Å². The highest BCUT2D eigenvalue weighted by atomic mass is 16.4. The minimum atomic E-state index is -0.980. The van der Waals surface area contributed by atoms with Gasteiger partial charge in [0.25, 0.3) is 5.91 Å². The molecule has 0 aliphatic heterocycles. The van der Waals surface area contributed by atoms with Gasteiger partial charge >= 0.3 is 5.97 Å². The number of carbonyl (C=O) groups is 2. The van der Waals surface area contributed by atoms with Crippen LogP contribution in [-0.2, 0) is 4.79 Å². The average Bonchev–Trinajstić information content (AvgIpc) is 3.19. The summed E-state index contributed by atoms with van der Waals surface area (Å²) in [6.07, 6.45) is -0.203. The zero-order valence-electron chi connectivity index (χ0n) is 14.6.